The molecule has 0 spiro atoms. The molecule has 23 heavy (non-hydrogen) atoms. The summed E-state index contributed by atoms with van der Waals surface area (Å²) in [5.41, 5.74) is 6.65. The number of hydrazine groups is 1. The number of anilines is 1. The van der Waals surface area contributed by atoms with E-state index >= 15 is 0 Å². The third kappa shape index (κ3) is 4.87. The average molecular weight is 363 g/mol. The normalized spacial score (nSPS) is 13.1. The van der Waals surface area contributed by atoms with E-state index in [0.29, 0.717) is 5.95 Å². The molecule has 7 N–H and O–H groups in total. The van der Waals surface area contributed by atoms with Crippen molar-refractivity contribution in [2.75, 3.05) is 12.0 Å². The van der Waals surface area contributed by atoms with E-state index in [1.807, 2.05) is 18.2 Å². The number of aromatic nitrogens is 2. The number of para-hydroxylation sites is 2. The second-order valence-corrected chi connectivity index (χ2v) is 8.54. The van der Waals surface area contributed by atoms with E-state index < -0.39 is 27.1 Å². The molecule has 1 heterocycles. The van der Waals surface area contributed by atoms with Crippen LogP contribution in [0.3, 0.4) is 0 Å². The predicted molar refractivity (Wildman–Crippen MR) is 84.1 cm³/mol. The highest BCUT2D eigenvalue weighted by Gasteiger charge is 2.42. The molecule has 0 aliphatic heterocycles. The van der Waals surface area contributed by atoms with Crippen LogP contribution in [0.5, 0.6) is 0 Å². The molecule has 13 heteroatoms. The molecule has 0 unspecified atom stereocenters. The smallest absolute Gasteiger partial charge is 0.324 e. The Morgan fingerprint density at radius 1 is 1.22 bits per heavy atom. The molecule has 0 aliphatic carbocycles. The molecule has 1 aromatic carbocycles. The van der Waals surface area contributed by atoms with Crippen LogP contribution in [0.4, 0.5) is 5.95 Å². The van der Waals surface area contributed by atoms with Crippen molar-refractivity contribution in [1.82, 2.24) is 15.4 Å². The average Bonchev–Trinajstić information content (AvgIpc) is 2.82. The lowest BCUT2D eigenvalue weighted by Gasteiger charge is -2.17. The number of rotatable bonds is 7. The van der Waals surface area contributed by atoms with Crippen LogP contribution in [0.15, 0.2) is 29.3 Å². The molecule has 0 saturated carbocycles. The van der Waals surface area contributed by atoms with Crippen molar-refractivity contribution < 1.29 is 28.7 Å². The summed E-state index contributed by atoms with van der Waals surface area (Å²) in [6.45, 7) is -0.733. The van der Waals surface area contributed by atoms with Gasteiger partial charge < -0.3 is 24.6 Å². The largest absolute Gasteiger partial charge is 0.342 e. The molecule has 0 radical (unpaired) electrons. The Morgan fingerprint density at radius 2 is 1.87 bits per heavy atom. The molecule has 0 amide bonds. The van der Waals surface area contributed by atoms with Gasteiger partial charge in [0.2, 0.25) is 5.95 Å². The van der Waals surface area contributed by atoms with E-state index in [2.05, 4.69) is 25.8 Å². The van der Waals surface area contributed by atoms with Crippen molar-refractivity contribution in [3.63, 3.8) is 0 Å². The Morgan fingerprint density at radius 3 is 2.48 bits per heavy atom. The number of H-pyrrole nitrogens is 1. The molecular formula is C10H15N5O6P2. The summed E-state index contributed by atoms with van der Waals surface area (Å²) < 4.78 is 22.1. The Balaban J connectivity index is 1.91. The minimum absolute atomic E-state index is 0.374. The molecular weight excluding hydrogens is 348 g/mol. The van der Waals surface area contributed by atoms with Crippen LogP contribution in [0, 0.1) is 0 Å². The Labute approximate surface area is 130 Å². The van der Waals surface area contributed by atoms with Crippen LogP contribution in [-0.4, -0.2) is 47.8 Å². The zero-order valence-electron chi connectivity index (χ0n) is 11.6. The third-order valence-corrected chi connectivity index (χ3v) is 6.47. The summed E-state index contributed by atoms with van der Waals surface area (Å²) >= 11 is 0. The molecule has 0 aliphatic rings. The van der Waals surface area contributed by atoms with Gasteiger partial charge in [0.05, 0.1) is 17.6 Å². The third-order valence-electron chi connectivity index (χ3n) is 2.78. The van der Waals surface area contributed by atoms with Crippen LogP contribution < -0.4 is 10.9 Å². The fourth-order valence-electron chi connectivity index (χ4n) is 1.71. The van der Waals surface area contributed by atoms with Crippen molar-refractivity contribution in [1.29, 1.82) is 0 Å². The minimum Gasteiger partial charge on any atom is -0.324 e. The lowest BCUT2D eigenvalue weighted by Crippen LogP contribution is -2.21. The number of aromatic amines is 1. The van der Waals surface area contributed by atoms with Crippen molar-refractivity contribution in [2.24, 2.45) is 4.99 Å². The van der Waals surface area contributed by atoms with E-state index in [4.69, 9.17) is 19.6 Å². The first-order chi connectivity index (χ1) is 10.7. The van der Waals surface area contributed by atoms with Gasteiger partial charge in [-0.1, -0.05) is 12.1 Å². The molecule has 2 aromatic rings. The number of nitrogens with zero attached hydrogens (tertiary/aromatic N) is 2. The molecule has 11 nitrogen and oxygen atoms in total. The summed E-state index contributed by atoms with van der Waals surface area (Å²) in [7, 11) is -9.93. The van der Waals surface area contributed by atoms with Crippen molar-refractivity contribution >= 4 is 38.5 Å². The van der Waals surface area contributed by atoms with E-state index in [9.17, 15) is 9.13 Å². The van der Waals surface area contributed by atoms with E-state index in [-0.39, 0.29) is 0 Å². The fraction of sp³-hybridized carbons (Fsp3) is 0.200. The SMILES string of the molecule is O=P(O)(O)C(CN=CNNc1nc2ccccc2[nH]1)P(=O)(O)O. The van der Waals surface area contributed by atoms with Crippen LogP contribution >= 0.6 is 15.2 Å². The van der Waals surface area contributed by atoms with E-state index in [0.717, 1.165) is 17.4 Å². The maximum atomic E-state index is 11.0. The van der Waals surface area contributed by atoms with Gasteiger partial charge in [0.15, 0.2) is 5.40 Å². The first kappa shape index (κ1) is 17.6. The summed E-state index contributed by atoms with van der Waals surface area (Å²) in [5, 5.41) is -2.17. The predicted octanol–water partition coefficient (Wildman–Crippen LogP) is 0.189. The van der Waals surface area contributed by atoms with E-state index in [1.54, 1.807) is 6.07 Å². The molecule has 126 valence electrons. The van der Waals surface area contributed by atoms with Crippen LogP contribution in [-0.2, 0) is 9.13 Å². The summed E-state index contributed by atoms with van der Waals surface area (Å²) in [5.74, 6) is 0.374. The van der Waals surface area contributed by atoms with Gasteiger partial charge in [0, 0.05) is 0 Å². The number of fused-ring (bicyclic) bond motifs is 1. The molecule has 2 rings (SSSR count). The van der Waals surface area contributed by atoms with Gasteiger partial charge in [-0.2, -0.15) is 0 Å². The number of benzene rings is 1. The van der Waals surface area contributed by atoms with Crippen molar-refractivity contribution in [3.8, 4) is 0 Å². The van der Waals surface area contributed by atoms with E-state index in [1.165, 1.54) is 0 Å². The molecule has 0 atom stereocenters. The summed E-state index contributed by atoms with van der Waals surface area (Å²) in [6.07, 6.45) is 1.02. The topological polar surface area (TPSA) is 180 Å². The van der Waals surface area contributed by atoms with Gasteiger partial charge in [-0.3, -0.25) is 25.0 Å². The summed E-state index contributed by atoms with van der Waals surface area (Å²) in [4.78, 5) is 46.4. The number of hydrogen-bond donors (Lipinski definition) is 7. The Kier molecular flexibility index (Phi) is 5.20. The minimum atomic E-state index is -4.97. The highest BCUT2D eigenvalue weighted by Crippen LogP contribution is 2.59. The standard InChI is InChI=1S/C10H15N5O6P2/c16-22(17,18)9(23(19,20)21)5-11-6-12-15-10-13-7-3-1-2-4-8(7)14-10/h1-4,6,9H,5H2,(H,11,12)(H2,13,14,15)(H2,16,17,18)(H2,19,20,21). The van der Waals surface area contributed by atoms with Gasteiger partial charge in [-0.25, -0.2) is 4.98 Å². The first-order valence-electron chi connectivity index (χ1n) is 6.23. The second kappa shape index (κ2) is 6.79. The quantitative estimate of drug-likeness (QED) is 0.156. The number of nitrogens with one attached hydrogen (secondary N) is 3. The fourth-order valence-corrected chi connectivity index (χ4v) is 3.90. The number of imidazole rings is 1. The number of aliphatic imine (C=N–C) groups is 1. The van der Waals surface area contributed by atoms with Gasteiger partial charge in [0.25, 0.3) is 0 Å². The molecule has 0 bridgehead atoms. The maximum Gasteiger partial charge on any atom is 0.342 e. The maximum absolute atomic E-state index is 11.0. The first-order valence-corrected chi connectivity index (χ1v) is 9.59. The van der Waals surface area contributed by atoms with Crippen LogP contribution in [0.2, 0.25) is 0 Å². The zero-order valence-corrected chi connectivity index (χ0v) is 13.4. The Hall–Kier alpha value is -1.74. The summed E-state index contributed by atoms with van der Waals surface area (Å²) in [6, 6.07) is 7.29. The lowest BCUT2D eigenvalue weighted by atomic mass is 10.3. The van der Waals surface area contributed by atoms with Crippen molar-refractivity contribution in [2.45, 2.75) is 5.40 Å². The van der Waals surface area contributed by atoms with Crippen LogP contribution in [0.25, 0.3) is 11.0 Å². The Bertz CT molecular complexity index is 741. The molecule has 0 saturated heterocycles. The van der Waals surface area contributed by atoms with Crippen molar-refractivity contribution in [3.05, 3.63) is 24.3 Å². The number of hydrogen-bond acceptors (Lipinski definition) is 5. The highest BCUT2D eigenvalue weighted by atomic mass is 31.2. The second-order valence-electron chi connectivity index (χ2n) is 4.52. The molecule has 1 aromatic heterocycles. The van der Waals surface area contributed by atoms with Gasteiger partial charge in [0.1, 0.15) is 6.34 Å². The van der Waals surface area contributed by atoms with Gasteiger partial charge >= 0.3 is 15.2 Å². The zero-order chi connectivity index (χ0) is 17.1. The van der Waals surface area contributed by atoms with Crippen LogP contribution in [0.1, 0.15) is 0 Å². The monoisotopic (exact) mass is 363 g/mol. The highest BCUT2D eigenvalue weighted by molar-refractivity contribution is 7.70. The van der Waals surface area contributed by atoms with Gasteiger partial charge in [-0.05, 0) is 12.1 Å². The lowest BCUT2D eigenvalue weighted by molar-refractivity contribution is 0.339. The van der Waals surface area contributed by atoms with Gasteiger partial charge in [-0.15, -0.1) is 0 Å². The molecule has 0 fully saturated rings.